The van der Waals surface area contributed by atoms with Crippen LogP contribution in [0, 0.1) is 11.7 Å². The van der Waals surface area contributed by atoms with Crippen molar-refractivity contribution >= 4 is 21.7 Å². The van der Waals surface area contributed by atoms with E-state index in [2.05, 4.69) is 15.9 Å². The molecule has 0 saturated carbocycles. The van der Waals surface area contributed by atoms with Crippen molar-refractivity contribution in [1.82, 2.24) is 0 Å². The molecule has 1 aromatic rings. The van der Waals surface area contributed by atoms with Gasteiger partial charge < -0.3 is 0 Å². The first-order chi connectivity index (χ1) is 7.00. The molecular weight excluding hydrogens is 259 g/mol. The Morgan fingerprint density at radius 1 is 1.47 bits per heavy atom. The number of hydrogen-bond acceptors (Lipinski definition) is 1. The minimum absolute atomic E-state index is 0.00272. The van der Waals surface area contributed by atoms with E-state index in [0.29, 0.717) is 6.42 Å². The van der Waals surface area contributed by atoms with Crippen LogP contribution in [-0.2, 0) is 11.2 Å². The normalized spacial score (nSPS) is 12.9. The molecule has 0 fully saturated rings. The fourth-order valence-electron chi connectivity index (χ4n) is 1.33. The zero-order valence-electron chi connectivity index (χ0n) is 8.84. The zero-order chi connectivity index (χ0) is 11.4. The van der Waals surface area contributed by atoms with Gasteiger partial charge in [0.15, 0.2) is 0 Å². The van der Waals surface area contributed by atoms with Crippen molar-refractivity contribution in [2.24, 2.45) is 5.92 Å². The fraction of sp³-hybridized carbons (Fsp3) is 0.417. The van der Waals surface area contributed by atoms with Crippen molar-refractivity contribution in [3.63, 3.8) is 0 Å². The van der Waals surface area contributed by atoms with Gasteiger partial charge in [0.1, 0.15) is 11.6 Å². The van der Waals surface area contributed by atoms with E-state index in [4.69, 9.17) is 0 Å². The number of ketones is 1. The molecule has 0 amide bonds. The molecule has 0 radical (unpaired) electrons. The maximum absolute atomic E-state index is 12.9. The van der Waals surface area contributed by atoms with E-state index >= 15 is 0 Å². The molecule has 0 aliphatic carbocycles. The quantitative estimate of drug-likeness (QED) is 0.769. The second-order valence-electron chi connectivity index (χ2n) is 3.86. The van der Waals surface area contributed by atoms with Crippen molar-refractivity contribution in [3.8, 4) is 0 Å². The van der Waals surface area contributed by atoms with Crippen LogP contribution in [0.2, 0.25) is 0 Å². The van der Waals surface area contributed by atoms with Crippen molar-refractivity contribution in [3.05, 3.63) is 35.6 Å². The van der Waals surface area contributed by atoms with Crippen LogP contribution in [0.3, 0.4) is 0 Å². The lowest BCUT2D eigenvalue weighted by Crippen LogP contribution is -2.21. The Balaban J connectivity index is 2.66. The minimum Gasteiger partial charge on any atom is -0.298 e. The van der Waals surface area contributed by atoms with Gasteiger partial charge in [-0.1, -0.05) is 41.9 Å². The van der Waals surface area contributed by atoms with Crippen LogP contribution < -0.4 is 0 Å². The third-order valence-corrected chi connectivity index (χ3v) is 2.96. The number of hydrogen-bond donors (Lipinski definition) is 0. The molecule has 1 unspecified atom stereocenters. The number of alkyl halides is 1. The Morgan fingerprint density at radius 2 is 2.13 bits per heavy atom. The third kappa shape index (κ3) is 3.74. The molecule has 15 heavy (non-hydrogen) atoms. The Labute approximate surface area is 97.8 Å². The molecule has 0 bridgehead atoms. The summed E-state index contributed by atoms with van der Waals surface area (Å²) in [5.74, 6) is -0.105. The first kappa shape index (κ1) is 12.4. The molecule has 1 rings (SSSR count). The molecule has 1 aromatic carbocycles. The molecule has 3 heteroatoms. The number of Topliss-reactive ketones (excluding diaryl/α,β-unsaturated/α-hetero) is 1. The zero-order valence-corrected chi connectivity index (χ0v) is 10.4. The molecule has 0 aliphatic rings. The van der Waals surface area contributed by atoms with Crippen molar-refractivity contribution < 1.29 is 9.18 Å². The average molecular weight is 273 g/mol. The van der Waals surface area contributed by atoms with E-state index in [9.17, 15) is 9.18 Å². The highest BCUT2D eigenvalue weighted by Gasteiger charge is 2.18. The van der Waals surface area contributed by atoms with Gasteiger partial charge in [0.05, 0.1) is 4.83 Å². The summed E-state index contributed by atoms with van der Waals surface area (Å²) in [6, 6.07) is 6.34. The SMILES string of the molecule is CC(C)C(=O)C(Br)Cc1cccc(F)c1. The number of rotatable bonds is 4. The molecular formula is C12H14BrFO. The second-order valence-corrected chi connectivity index (χ2v) is 4.96. The van der Waals surface area contributed by atoms with Crippen molar-refractivity contribution in [2.45, 2.75) is 25.1 Å². The summed E-state index contributed by atoms with van der Waals surface area (Å²) in [4.78, 5) is 11.4. The molecule has 0 aromatic heterocycles. The number of carbonyl (C=O) groups excluding carboxylic acids is 1. The van der Waals surface area contributed by atoms with E-state index < -0.39 is 0 Å². The van der Waals surface area contributed by atoms with Crippen LogP contribution in [0.4, 0.5) is 4.39 Å². The average Bonchev–Trinajstić information content (AvgIpc) is 2.16. The molecule has 82 valence electrons. The lowest BCUT2D eigenvalue weighted by Gasteiger charge is -2.11. The maximum atomic E-state index is 12.9. The Kier molecular flexibility index (Phi) is 4.45. The summed E-state index contributed by atoms with van der Waals surface area (Å²) in [6.45, 7) is 3.73. The lowest BCUT2D eigenvalue weighted by molar-refractivity contribution is -0.121. The van der Waals surface area contributed by atoms with Gasteiger partial charge in [-0.25, -0.2) is 4.39 Å². The molecule has 1 nitrogen and oxygen atoms in total. The summed E-state index contributed by atoms with van der Waals surface area (Å²) in [6.07, 6.45) is 0.536. The second kappa shape index (κ2) is 5.40. The Morgan fingerprint density at radius 3 is 2.67 bits per heavy atom. The third-order valence-electron chi connectivity index (χ3n) is 2.18. The summed E-state index contributed by atoms with van der Waals surface area (Å²) in [5.41, 5.74) is 0.839. The topological polar surface area (TPSA) is 17.1 Å². The van der Waals surface area contributed by atoms with E-state index in [-0.39, 0.29) is 22.3 Å². The lowest BCUT2D eigenvalue weighted by atomic mass is 10.0. The predicted molar refractivity (Wildman–Crippen MR) is 62.7 cm³/mol. The highest BCUT2D eigenvalue weighted by molar-refractivity contribution is 9.10. The van der Waals surface area contributed by atoms with Gasteiger partial charge >= 0.3 is 0 Å². The molecule has 0 spiro atoms. The van der Waals surface area contributed by atoms with E-state index in [1.54, 1.807) is 6.07 Å². The van der Waals surface area contributed by atoms with Gasteiger partial charge in [-0.2, -0.15) is 0 Å². The fourth-order valence-corrected chi connectivity index (χ4v) is 2.24. The first-order valence-electron chi connectivity index (χ1n) is 4.93. The van der Waals surface area contributed by atoms with Gasteiger partial charge in [-0.3, -0.25) is 4.79 Å². The summed E-state index contributed by atoms with van der Waals surface area (Å²) < 4.78 is 12.9. The van der Waals surface area contributed by atoms with Crippen LogP contribution in [0.25, 0.3) is 0 Å². The smallest absolute Gasteiger partial charge is 0.149 e. The molecule has 0 heterocycles. The largest absolute Gasteiger partial charge is 0.298 e. The summed E-state index contributed by atoms with van der Waals surface area (Å²) >= 11 is 3.33. The van der Waals surface area contributed by atoms with Crippen LogP contribution in [0.5, 0.6) is 0 Å². The number of halogens is 2. The van der Waals surface area contributed by atoms with Gasteiger partial charge in [-0.15, -0.1) is 0 Å². The van der Waals surface area contributed by atoms with E-state index in [1.165, 1.54) is 12.1 Å². The van der Waals surface area contributed by atoms with Crippen LogP contribution >= 0.6 is 15.9 Å². The molecule has 0 N–H and O–H groups in total. The van der Waals surface area contributed by atoms with Gasteiger partial charge in [0.25, 0.3) is 0 Å². The van der Waals surface area contributed by atoms with Gasteiger partial charge in [0.2, 0.25) is 0 Å². The standard InChI is InChI=1S/C12H14BrFO/c1-8(2)12(15)11(13)7-9-4-3-5-10(14)6-9/h3-6,8,11H,7H2,1-2H3. The Hall–Kier alpha value is -0.700. The van der Waals surface area contributed by atoms with E-state index in [0.717, 1.165) is 5.56 Å². The highest BCUT2D eigenvalue weighted by atomic mass is 79.9. The number of benzene rings is 1. The van der Waals surface area contributed by atoms with E-state index in [1.807, 2.05) is 19.9 Å². The number of carbonyl (C=O) groups is 1. The van der Waals surface area contributed by atoms with Crippen molar-refractivity contribution in [1.29, 1.82) is 0 Å². The molecule has 1 atom stereocenters. The predicted octanol–water partition coefficient (Wildman–Crippen LogP) is 3.36. The minimum atomic E-state index is -0.260. The first-order valence-corrected chi connectivity index (χ1v) is 5.84. The highest BCUT2D eigenvalue weighted by Crippen LogP contribution is 2.15. The van der Waals surface area contributed by atoms with Gasteiger partial charge in [0, 0.05) is 5.92 Å². The maximum Gasteiger partial charge on any atom is 0.149 e. The molecule has 0 aliphatic heterocycles. The molecule has 0 saturated heterocycles. The van der Waals surface area contributed by atoms with Crippen LogP contribution in [0.15, 0.2) is 24.3 Å². The van der Waals surface area contributed by atoms with Gasteiger partial charge in [-0.05, 0) is 24.1 Å². The summed E-state index contributed by atoms with van der Waals surface area (Å²) in [7, 11) is 0. The van der Waals surface area contributed by atoms with Crippen LogP contribution in [-0.4, -0.2) is 10.6 Å². The Bertz CT molecular complexity index is 349. The van der Waals surface area contributed by atoms with Crippen molar-refractivity contribution in [2.75, 3.05) is 0 Å². The monoisotopic (exact) mass is 272 g/mol. The van der Waals surface area contributed by atoms with Crippen LogP contribution in [0.1, 0.15) is 19.4 Å². The summed E-state index contributed by atoms with van der Waals surface area (Å²) in [5, 5.41) is 0.